The van der Waals surface area contributed by atoms with Crippen LogP contribution in [0.1, 0.15) is 79.6 Å². The lowest BCUT2D eigenvalue weighted by Gasteiger charge is -2.22. The van der Waals surface area contributed by atoms with E-state index in [1.807, 2.05) is 13.8 Å². The number of amides is 2. The van der Waals surface area contributed by atoms with Gasteiger partial charge in [-0.1, -0.05) is 13.8 Å². The summed E-state index contributed by atoms with van der Waals surface area (Å²) in [6.45, 7) is 9.72. The molecule has 0 aromatic heterocycles. The highest BCUT2D eigenvalue weighted by Gasteiger charge is 2.27. The molecule has 0 saturated heterocycles. The van der Waals surface area contributed by atoms with Crippen LogP contribution in [0.4, 0.5) is 4.79 Å². The Labute approximate surface area is 162 Å². The van der Waals surface area contributed by atoms with Crippen molar-refractivity contribution in [3.05, 3.63) is 0 Å². The fourth-order valence-electron chi connectivity index (χ4n) is 2.96. The van der Waals surface area contributed by atoms with Gasteiger partial charge < -0.3 is 20.1 Å². The smallest absolute Gasteiger partial charge is 0.407 e. The summed E-state index contributed by atoms with van der Waals surface area (Å²) in [5.41, 5.74) is -0.550. The third-order valence-electron chi connectivity index (χ3n) is 4.16. The maximum absolute atomic E-state index is 12.4. The first kappa shape index (κ1) is 23.2. The van der Waals surface area contributed by atoms with E-state index in [0.29, 0.717) is 19.4 Å². The Morgan fingerprint density at radius 3 is 2.30 bits per heavy atom. The summed E-state index contributed by atoms with van der Waals surface area (Å²) in [4.78, 5) is 36.2. The zero-order chi connectivity index (χ0) is 20.4. The van der Waals surface area contributed by atoms with Crippen LogP contribution in [-0.4, -0.2) is 42.3 Å². The Bertz CT molecular complexity index is 493. The van der Waals surface area contributed by atoms with Crippen LogP contribution in [0, 0.1) is 5.92 Å². The molecule has 156 valence electrons. The molecule has 2 amide bonds. The third kappa shape index (κ3) is 10.8. The maximum atomic E-state index is 12.4. The van der Waals surface area contributed by atoms with E-state index in [1.165, 1.54) is 0 Å². The highest BCUT2D eigenvalue weighted by Crippen LogP contribution is 2.22. The molecule has 0 bridgehead atoms. The summed E-state index contributed by atoms with van der Waals surface area (Å²) in [5.74, 6) is -0.286. The number of rotatable bonds is 9. The molecule has 1 aliphatic carbocycles. The van der Waals surface area contributed by atoms with Crippen LogP contribution in [0.25, 0.3) is 0 Å². The highest BCUT2D eigenvalue weighted by molar-refractivity contribution is 5.84. The van der Waals surface area contributed by atoms with E-state index >= 15 is 0 Å². The van der Waals surface area contributed by atoms with Crippen molar-refractivity contribution in [3.8, 4) is 0 Å². The van der Waals surface area contributed by atoms with E-state index in [4.69, 9.17) is 9.47 Å². The van der Waals surface area contributed by atoms with Gasteiger partial charge in [-0.05, 0) is 65.2 Å². The molecule has 0 aliphatic heterocycles. The number of carbonyl (C=O) groups is 3. The van der Waals surface area contributed by atoms with E-state index in [9.17, 15) is 14.4 Å². The second kappa shape index (κ2) is 11.1. The van der Waals surface area contributed by atoms with E-state index in [-0.39, 0.29) is 30.3 Å². The molecule has 0 aromatic carbocycles. The predicted octanol–water partition coefficient (Wildman–Crippen LogP) is 3.31. The van der Waals surface area contributed by atoms with E-state index in [0.717, 1.165) is 25.7 Å². The molecular weight excluding hydrogens is 348 g/mol. The van der Waals surface area contributed by atoms with Gasteiger partial charge in [0.05, 0.1) is 0 Å². The van der Waals surface area contributed by atoms with Gasteiger partial charge in [0.25, 0.3) is 0 Å². The highest BCUT2D eigenvalue weighted by atomic mass is 16.6. The van der Waals surface area contributed by atoms with Crippen molar-refractivity contribution >= 4 is 18.0 Å². The zero-order valence-electron chi connectivity index (χ0n) is 17.4. The summed E-state index contributed by atoms with van der Waals surface area (Å²) in [6.07, 6.45) is 4.72. The monoisotopic (exact) mass is 384 g/mol. The quantitative estimate of drug-likeness (QED) is 0.470. The van der Waals surface area contributed by atoms with Gasteiger partial charge >= 0.3 is 12.1 Å². The summed E-state index contributed by atoms with van der Waals surface area (Å²) >= 11 is 0. The van der Waals surface area contributed by atoms with Crippen LogP contribution in [0.5, 0.6) is 0 Å². The van der Waals surface area contributed by atoms with Crippen molar-refractivity contribution < 1.29 is 23.9 Å². The normalized spacial score (nSPS) is 16.1. The molecule has 7 nitrogen and oxygen atoms in total. The van der Waals surface area contributed by atoms with Gasteiger partial charge in [-0.3, -0.25) is 4.79 Å². The number of nitrogens with one attached hydrogen (secondary N) is 2. The van der Waals surface area contributed by atoms with E-state index in [1.54, 1.807) is 20.8 Å². The molecule has 0 aromatic rings. The first-order chi connectivity index (χ1) is 12.6. The predicted molar refractivity (Wildman–Crippen MR) is 103 cm³/mol. The standard InChI is InChI=1S/C20H36N2O5/c1-14(2)13-16(18(24)26-15-9-6-7-10-15)22-17(23)11-8-12-21-19(25)27-20(3,4)5/h14-16H,6-13H2,1-5H3,(H,21,25)(H,22,23)/t16-/m0/s1. The van der Waals surface area contributed by atoms with Crippen LogP contribution < -0.4 is 10.6 Å². The summed E-state index contributed by atoms with van der Waals surface area (Å²) in [5, 5.41) is 5.41. The Kier molecular flexibility index (Phi) is 9.60. The van der Waals surface area contributed by atoms with Crippen molar-refractivity contribution in [2.75, 3.05) is 6.54 Å². The third-order valence-corrected chi connectivity index (χ3v) is 4.16. The first-order valence-corrected chi connectivity index (χ1v) is 10.0. The molecule has 0 spiro atoms. The average molecular weight is 385 g/mol. The van der Waals surface area contributed by atoms with Gasteiger partial charge in [0.1, 0.15) is 17.7 Å². The number of ether oxygens (including phenoxy) is 2. The Hall–Kier alpha value is -1.79. The molecule has 0 radical (unpaired) electrons. The maximum Gasteiger partial charge on any atom is 0.407 e. The molecule has 27 heavy (non-hydrogen) atoms. The summed E-state index contributed by atoms with van der Waals surface area (Å²) < 4.78 is 10.7. The van der Waals surface area contributed by atoms with Crippen LogP contribution >= 0.6 is 0 Å². The zero-order valence-corrected chi connectivity index (χ0v) is 17.4. The van der Waals surface area contributed by atoms with Crippen molar-refractivity contribution in [2.45, 2.75) is 97.3 Å². The summed E-state index contributed by atoms with van der Waals surface area (Å²) in [7, 11) is 0. The minimum atomic E-state index is -0.614. The van der Waals surface area contributed by atoms with Crippen molar-refractivity contribution in [2.24, 2.45) is 5.92 Å². The second-order valence-corrected chi connectivity index (χ2v) is 8.63. The van der Waals surface area contributed by atoms with Crippen molar-refractivity contribution in [1.29, 1.82) is 0 Å². The van der Waals surface area contributed by atoms with Gasteiger partial charge in [0.15, 0.2) is 0 Å². The first-order valence-electron chi connectivity index (χ1n) is 10.0. The minimum Gasteiger partial charge on any atom is -0.461 e. The molecule has 7 heteroatoms. The molecule has 1 rings (SSSR count). The number of alkyl carbamates (subject to hydrolysis) is 1. The molecule has 1 fully saturated rings. The van der Waals surface area contributed by atoms with Gasteiger partial charge in [-0.2, -0.15) is 0 Å². The van der Waals surface area contributed by atoms with E-state index in [2.05, 4.69) is 10.6 Å². The van der Waals surface area contributed by atoms with Gasteiger partial charge in [-0.15, -0.1) is 0 Å². The fourth-order valence-corrected chi connectivity index (χ4v) is 2.96. The molecule has 2 N–H and O–H groups in total. The molecule has 1 atom stereocenters. The molecule has 0 unspecified atom stereocenters. The van der Waals surface area contributed by atoms with Gasteiger partial charge in [0, 0.05) is 13.0 Å². The van der Waals surface area contributed by atoms with Crippen LogP contribution in [0.3, 0.4) is 0 Å². The van der Waals surface area contributed by atoms with Crippen LogP contribution in [-0.2, 0) is 19.1 Å². The van der Waals surface area contributed by atoms with Gasteiger partial charge in [0.2, 0.25) is 5.91 Å². The average Bonchev–Trinajstić information content (AvgIpc) is 3.01. The Morgan fingerprint density at radius 1 is 1.11 bits per heavy atom. The Morgan fingerprint density at radius 2 is 1.74 bits per heavy atom. The lowest BCUT2D eigenvalue weighted by atomic mass is 10.0. The number of carbonyl (C=O) groups excluding carboxylic acids is 3. The van der Waals surface area contributed by atoms with Gasteiger partial charge in [-0.25, -0.2) is 9.59 Å². The summed E-state index contributed by atoms with van der Waals surface area (Å²) in [6, 6.07) is -0.614. The molecule has 1 saturated carbocycles. The SMILES string of the molecule is CC(C)C[C@H](NC(=O)CCCNC(=O)OC(C)(C)C)C(=O)OC1CCCC1. The molecular formula is C20H36N2O5. The minimum absolute atomic E-state index is 0.0120. The largest absolute Gasteiger partial charge is 0.461 e. The second-order valence-electron chi connectivity index (χ2n) is 8.63. The number of esters is 1. The Balaban J connectivity index is 2.35. The molecule has 0 heterocycles. The van der Waals surface area contributed by atoms with Crippen molar-refractivity contribution in [3.63, 3.8) is 0 Å². The topological polar surface area (TPSA) is 93.7 Å². The molecule has 1 aliphatic rings. The fraction of sp³-hybridized carbons (Fsp3) is 0.850. The van der Waals surface area contributed by atoms with E-state index < -0.39 is 17.7 Å². The lowest BCUT2D eigenvalue weighted by Crippen LogP contribution is -2.43. The number of hydrogen-bond donors (Lipinski definition) is 2. The van der Waals surface area contributed by atoms with Crippen molar-refractivity contribution in [1.82, 2.24) is 10.6 Å². The van der Waals surface area contributed by atoms with Crippen LogP contribution in [0.2, 0.25) is 0 Å². The lowest BCUT2D eigenvalue weighted by molar-refractivity contribution is -0.153. The number of hydrogen-bond acceptors (Lipinski definition) is 5. The van der Waals surface area contributed by atoms with Crippen LogP contribution in [0.15, 0.2) is 0 Å².